The maximum absolute atomic E-state index is 11.3. The summed E-state index contributed by atoms with van der Waals surface area (Å²) in [6.07, 6.45) is 3.14. The lowest BCUT2D eigenvalue weighted by atomic mass is 10.0. The van der Waals surface area contributed by atoms with Gasteiger partial charge in [-0.3, -0.25) is 4.79 Å². The van der Waals surface area contributed by atoms with Crippen molar-refractivity contribution >= 4 is 23.3 Å². The Morgan fingerprint density at radius 1 is 1.33 bits per heavy atom. The van der Waals surface area contributed by atoms with Gasteiger partial charge in [-0.25, -0.2) is 4.98 Å². The zero-order chi connectivity index (χ0) is 19.2. The quantitative estimate of drug-likeness (QED) is 0.755. The summed E-state index contributed by atoms with van der Waals surface area (Å²) in [6.45, 7) is 3.46. The molecule has 1 aliphatic rings. The van der Waals surface area contributed by atoms with E-state index in [2.05, 4.69) is 10.3 Å². The Morgan fingerprint density at radius 3 is 2.67 bits per heavy atom. The lowest BCUT2D eigenvalue weighted by Gasteiger charge is -2.32. The predicted molar refractivity (Wildman–Crippen MR) is 105 cm³/mol. The first-order valence-corrected chi connectivity index (χ1v) is 9.42. The Bertz CT molecular complexity index is 766. The van der Waals surface area contributed by atoms with Crippen molar-refractivity contribution in [1.82, 2.24) is 4.98 Å². The van der Waals surface area contributed by atoms with Gasteiger partial charge < -0.3 is 20.5 Å². The molecule has 0 radical (unpaired) electrons. The Balaban J connectivity index is 1.78. The summed E-state index contributed by atoms with van der Waals surface area (Å²) in [5.41, 5.74) is 6.63. The number of amides is 1. The molecule has 1 saturated heterocycles. The zero-order valence-electron chi connectivity index (χ0n) is 15.2. The number of anilines is 1. The van der Waals surface area contributed by atoms with Gasteiger partial charge in [0.25, 0.3) is 0 Å². The van der Waals surface area contributed by atoms with Crippen LogP contribution in [0.4, 0.5) is 5.82 Å². The lowest BCUT2D eigenvalue weighted by molar-refractivity contribution is -0.0739. The number of ether oxygens (including phenoxy) is 2. The summed E-state index contributed by atoms with van der Waals surface area (Å²) in [5, 5.41) is 3.66. The predicted octanol–water partition coefficient (Wildman–Crippen LogP) is 3.57. The summed E-state index contributed by atoms with van der Waals surface area (Å²) >= 11 is 6.27. The van der Waals surface area contributed by atoms with Crippen molar-refractivity contribution in [2.75, 3.05) is 18.5 Å². The minimum Gasteiger partial charge on any atom is -0.381 e. The van der Waals surface area contributed by atoms with Crippen LogP contribution in [0.1, 0.15) is 41.8 Å². The van der Waals surface area contributed by atoms with Crippen LogP contribution in [0.3, 0.4) is 0 Å². The zero-order valence-corrected chi connectivity index (χ0v) is 16.0. The van der Waals surface area contributed by atoms with E-state index in [9.17, 15) is 4.79 Å². The largest absolute Gasteiger partial charge is 0.381 e. The smallest absolute Gasteiger partial charge is 0.250 e. The first-order chi connectivity index (χ1) is 13.0. The molecule has 2 atom stereocenters. The fourth-order valence-electron chi connectivity index (χ4n) is 3.12. The van der Waals surface area contributed by atoms with Gasteiger partial charge in [-0.2, -0.15) is 0 Å². The number of carbonyl (C=O) groups excluding carboxylic acids is 1. The van der Waals surface area contributed by atoms with E-state index >= 15 is 0 Å². The highest BCUT2D eigenvalue weighted by Crippen LogP contribution is 2.29. The number of hydrogen-bond acceptors (Lipinski definition) is 5. The molecule has 144 valence electrons. The van der Waals surface area contributed by atoms with E-state index in [0.717, 1.165) is 31.6 Å². The third-order valence-electron chi connectivity index (χ3n) is 4.58. The van der Waals surface area contributed by atoms with Gasteiger partial charge in [0.2, 0.25) is 5.91 Å². The van der Waals surface area contributed by atoms with Gasteiger partial charge in [0.05, 0.1) is 22.7 Å². The minimum atomic E-state index is -0.561. The van der Waals surface area contributed by atoms with Crippen LogP contribution in [0.5, 0.6) is 0 Å². The van der Waals surface area contributed by atoms with Crippen molar-refractivity contribution in [3.63, 3.8) is 0 Å². The average molecular weight is 390 g/mol. The van der Waals surface area contributed by atoms with Gasteiger partial charge >= 0.3 is 0 Å². The van der Waals surface area contributed by atoms with Gasteiger partial charge in [0.15, 0.2) is 0 Å². The van der Waals surface area contributed by atoms with Crippen molar-refractivity contribution in [2.45, 2.75) is 38.0 Å². The second-order valence-electron chi connectivity index (χ2n) is 6.63. The number of primary amides is 1. The van der Waals surface area contributed by atoms with E-state index in [0.29, 0.717) is 10.8 Å². The molecule has 1 fully saturated rings. The molecule has 7 heteroatoms. The Labute approximate surface area is 164 Å². The van der Waals surface area contributed by atoms with Crippen LogP contribution in [0.2, 0.25) is 5.02 Å². The average Bonchev–Trinajstić information content (AvgIpc) is 2.69. The molecule has 2 aromatic rings. The van der Waals surface area contributed by atoms with Crippen molar-refractivity contribution in [3.8, 4) is 0 Å². The highest BCUT2D eigenvalue weighted by molar-refractivity contribution is 6.33. The molecule has 0 bridgehead atoms. The molecule has 0 aliphatic carbocycles. The first kappa shape index (κ1) is 19.6. The first-order valence-electron chi connectivity index (χ1n) is 9.04. The monoisotopic (exact) mass is 389 g/mol. The van der Waals surface area contributed by atoms with E-state index < -0.39 is 5.91 Å². The third kappa shape index (κ3) is 5.19. The Kier molecular flexibility index (Phi) is 6.66. The number of halogens is 1. The molecule has 6 nitrogen and oxygen atoms in total. The number of benzene rings is 1. The van der Waals surface area contributed by atoms with E-state index in [-0.39, 0.29) is 23.8 Å². The molecule has 3 rings (SSSR count). The summed E-state index contributed by atoms with van der Waals surface area (Å²) in [4.78, 5) is 15.5. The lowest BCUT2D eigenvalue weighted by Crippen LogP contribution is -2.33. The molecule has 2 heterocycles. The number of carbonyl (C=O) groups is 1. The number of rotatable bonds is 7. The molecule has 2 unspecified atom stereocenters. The minimum absolute atomic E-state index is 0.0975. The highest BCUT2D eigenvalue weighted by Gasteiger charge is 2.26. The highest BCUT2D eigenvalue weighted by atomic mass is 35.5. The van der Waals surface area contributed by atoms with Gasteiger partial charge in [0.1, 0.15) is 11.9 Å². The van der Waals surface area contributed by atoms with Gasteiger partial charge in [-0.15, -0.1) is 0 Å². The molecule has 1 aliphatic heterocycles. The topological polar surface area (TPSA) is 86.5 Å². The molecule has 0 saturated carbocycles. The van der Waals surface area contributed by atoms with E-state index in [1.807, 2.05) is 37.3 Å². The maximum Gasteiger partial charge on any atom is 0.250 e. The number of nitrogens with one attached hydrogen (secondary N) is 1. The van der Waals surface area contributed by atoms with Crippen molar-refractivity contribution in [3.05, 3.63) is 58.7 Å². The number of nitrogens with two attached hydrogens (primary N) is 1. The normalized spacial score (nSPS) is 17.3. The molecule has 1 amide bonds. The van der Waals surface area contributed by atoms with E-state index in [4.69, 9.17) is 26.8 Å². The SMILES string of the molecule is CC(Nc1ncc(C(N)=O)cc1Cl)C(OC1CCOCC1)c1ccccc1. The summed E-state index contributed by atoms with van der Waals surface area (Å²) in [7, 11) is 0. The van der Waals surface area contributed by atoms with Crippen LogP contribution in [-0.2, 0) is 9.47 Å². The van der Waals surface area contributed by atoms with Gasteiger partial charge in [0, 0.05) is 19.4 Å². The van der Waals surface area contributed by atoms with E-state index in [1.54, 1.807) is 0 Å². The second-order valence-corrected chi connectivity index (χ2v) is 7.04. The van der Waals surface area contributed by atoms with E-state index in [1.165, 1.54) is 12.3 Å². The number of hydrogen-bond donors (Lipinski definition) is 2. The number of nitrogens with zero attached hydrogens (tertiary/aromatic N) is 1. The van der Waals surface area contributed by atoms with Crippen LogP contribution in [0, 0.1) is 0 Å². The number of pyridine rings is 1. The molecular formula is C20H24ClN3O3. The molecule has 0 spiro atoms. The van der Waals surface area contributed by atoms with Crippen molar-refractivity contribution in [1.29, 1.82) is 0 Å². The van der Waals surface area contributed by atoms with Crippen LogP contribution in [0.25, 0.3) is 0 Å². The van der Waals surface area contributed by atoms with Gasteiger partial charge in [-0.1, -0.05) is 41.9 Å². The summed E-state index contributed by atoms with van der Waals surface area (Å²) in [6, 6.07) is 11.5. The summed E-state index contributed by atoms with van der Waals surface area (Å²) in [5.74, 6) is -0.0697. The molecule has 1 aromatic heterocycles. The standard InChI is InChI=1S/C20H24ClN3O3/c1-13(24-20-17(21)11-15(12-23-20)19(22)25)18(14-5-3-2-4-6-14)27-16-7-9-26-10-8-16/h2-6,11-13,16,18H,7-10H2,1H3,(H2,22,25)(H,23,24). The maximum atomic E-state index is 11.3. The third-order valence-corrected chi connectivity index (χ3v) is 4.87. The number of aromatic nitrogens is 1. The van der Waals surface area contributed by atoms with Crippen molar-refractivity contribution in [2.24, 2.45) is 5.73 Å². The molecular weight excluding hydrogens is 366 g/mol. The molecule has 27 heavy (non-hydrogen) atoms. The molecule has 3 N–H and O–H groups in total. The van der Waals surface area contributed by atoms with Crippen molar-refractivity contribution < 1.29 is 14.3 Å². The van der Waals surface area contributed by atoms with Crippen LogP contribution < -0.4 is 11.1 Å². The Hall–Kier alpha value is -2.15. The second kappa shape index (κ2) is 9.17. The fraction of sp³-hybridized carbons (Fsp3) is 0.400. The van der Waals surface area contributed by atoms with Gasteiger partial charge in [-0.05, 0) is 31.4 Å². The van der Waals surface area contributed by atoms with Crippen LogP contribution in [0.15, 0.2) is 42.6 Å². The Morgan fingerprint density at radius 2 is 2.04 bits per heavy atom. The fourth-order valence-corrected chi connectivity index (χ4v) is 3.34. The van der Waals surface area contributed by atoms with Crippen LogP contribution in [-0.4, -0.2) is 36.3 Å². The van der Waals surface area contributed by atoms with Crippen LogP contribution >= 0.6 is 11.6 Å². The summed E-state index contributed by atoms with van der Waals surface area (Å²) < 4.78 is 11.9. The molecule has 1 aromatic carbocycles.